The predicted octanol–water partition coefficient (Wildman–Crippen LogP) is 2.17. The number of nitrogens with zero attached hydrogens (tertiary/aromatic N) is 2. The first-order chi connectivity index (χ1) is 19.5. The largest absolute Gasteiger partial charge is 0.357 e. The van der Waals surface area contributed by atoms with Gasteiger partial charge in [0.05, 0.1) is 27.6 Å². The van der Waals surface area contributed by atoms with Crippen molar-refractivity contribution in [1.29, 1.82) is 0 Å². The zero-order valence-electron chi connectivity index (χ0n) is 23.5. The molecule has 3 rings (SSSR count). The molecule has 3 atom stereocenters. The van der Waals surface area contributed by atoms with Gasteiger partial charge in [0.25, 0.3) is 11.8 Å². The Morgan fingerprint density at radius 1 is 0.976 bits per heavy atom. The fraction of sp³-hybridized carbons (Fsp3) is 0.464. The van der Waals surface area contributed by atoms with E-state index in [9.17, 15) is 28.8 Å². The predicted molar refractivity (Wildman–Crippen MR) is 156 cm³/mol. The number of amides is 5. The number of hydrogen-bond donors (Lipinski definition) is 3. The van der Waals surface area contributed by atoms with Crippen LogP contribution in [0, 0.1) is 5.92 Å². The van der Waals surface area contributed by atoms with Gasteiger partial charge in [-0.3, -0.25) is 33.7 Å². The molecular formula is C28H35N5O6S2. The van der Waals surface area contributed by atoms with Crippen molar-refractivity contribution in [2.24, 2.45) is 5.92 Å². The number of nitrogens with one attached hydrogen (secondary N) is 3. The van der Waals surface area contributed by atoms with Gasteiger partial charge in [0.2, 0.25) is 17.7 Å². The van der Waals surface area contributed by atoms with Crippen molar-refractivity contribution < 1.29 is 28.8 Å². The van der Waals surface area contributed by atoms with Gasteiger partial charge in [0.15, 0.2) is 5.12 Å². The third-order valence-corrected chi connectivity index (χ3v) is 8.14. The van der Waals surface area contributed by atoms with Crippen LogP contribution >= 0.6 is 23.1 Å². The Hall–Kier alpha value is -3.58. The fourth-order valence-corrected chi connectivity index (χ4v) is 5.92. The van der Waals surface area contributed by atoms with Crippen LogP contribution in [-0.4, -0.2) is 75.5 Å². The molecule has 220 valence electrons. The fourth-order valence-electron chi connectivity index (χ4n) is 4.49. The smallest absolute Gasteiger partial charge is 0.261 e. The Labute approximate surface area is 247 Å². The quantitative estimate of drug-likeness (QED) is 0.279. The summed E-state index contributed by atoms with van der Waals surface area (Å²) >= 11 is 2.21. The second-order valence-corrected chi connectivity index (χ2v) is 12.2. The van der Waals surface area contributed by atoms with Crippen LogP contribution in [0.5, 0.6) is 0 Å². The molecule has 11 nitrogen and oxygen atoms in total. The van der Waals surface area contributed by atoms with Gasteiger partial charge in [-0.05, 0) is 37.3 Å². The zero-order chi connectivity index (χ0) is 30.1. The SMILES string of the molecule is CNC(=O)[C@H](Cc1cscn1)NC(=O)[C@H](CC(C)C)NC(=O)C(CCCN1C(=O)c2ccccc2C1=O)SC(C)=O. The summed E-state index contributed by atoms with van der Waals surface area (Å²) in [6.07, 6.45) is 0.987. The molecular weight excluding hydrogens is 566 g/mol. The first-order valence-corrected chi connectivity index (χ1v) is 15.2. The molecule has 0 saturated heterocycles. The standard InChI is InChI=1S/C28H35N5O6S2/c1-16(2)12-21(25(36)31-22(24(35)29-4)13-18-14-40-15-30-18)32-26(37)23(41-17(3)34)10-7-11-33-27(38)19-8-5-6-9-20(19)28(33)39/h5-6,8-9,14-16,21-23H,7,10-13H2,1-4H3,(H,29,35)(H,31,36)(H,32,37)/t21-,22-,23?/m0/s1. The number of hydrogen-bond acceptors (Lipinski definition) is 9. The Balaban J connectivity index is 1.66. The van der Waals surface area contributed by atoms with Gasteiger partial charge in [-0.25, -0.2) is 4.98 Å². The van der Waals surface area contributed by atoms with Crippen LogP contribution in [-0.2, 0) is 25.6 Å². The highest BCUT2D eigenvalue weighted by Crippen LogP contribution is 2.24. The molecule has 0 saturated carbocycles. The highest BCUT2D eigenvalue weighted by Gasteiger charge is 2.35. The molecule has 1 aliphatic heterocycles. The molecule has 1 aliphatic rings. The van der Waals surface area contributed by atoms with Crippen LogP contribution in [0.3, 0.4) is 0 Å². The van der Waals surface area contributed by atoms with Gasteiger partial charge in [-0.15, -0.1) is 11.3 Å². The second kappa shape index (κ2) is 14.9. The summed E-state index contributed by atoms with van der Waals surface area (Å²) in [5, 5.41) is 8.73. The number of thioether (sulfide) groups is 1. The molecule has 3 N–H and O–H groups in total. The summed E-state index contributed by atoms with van der Waals surface area (Å²) in [5.41, 5.74) is 2.99. The number of imide groups is 1. The Bertz CT molecular complexity index is 1250. The van der Waals surface area contributed by atoms with Crippen LogP contribution in [0.1, 0.15) is 66.4 Å². The highest BCUT2D eigenvalue weighted by molar-refractivity contribution is 8.14. The van der Waals surface area contributed by atoms with Crippen LogP contribution in [0.15, 0.2) is 35.2 Å². The van der Waals surface area contributed by atoms with Gasteiger partial charge in [0.1, 0.15) is 12.1 Å². The van der Waals surface area contributed by atoms with Crippen LogP contribution < -0.4 is 16.0 Å². The number of carbonyl (C=O) groups is 6. The lowest BCUT2D eigenvalue weighted by atomic mass is 10.0. The second-order valence-electron chi connectivity index (χ2n) is 10.1. The van der Waals surface area contributed by atoms with E-state index in [2.05, 4.69) is 20.9 Å². The maximum Gasteiger partial charge on any atom is 0.261 e. The summed E-state index contributed by atoms with van der Waals surface area (Å²) in [6.45, 7) is 5.25. The summed E-state index contributed by atoms with van der Waals surface area (Å²) in [6, 6.07) is 4.75. The van der Waals surface area contributed by atoms with E-state index in [0.717, 1.165) is 16.7 Å². The number of benzene rings is 1. The lowest BCUT2D eigenvalue weighted by Crippen LogP contribution is -2.55. The number of likely N-dealkylation sites (N-methyl/N-ethyl adjacent to an activating group) is 1. The van der Waals surface area contributed by atoms with Crippen molar-refractivity contribution in [2.75, 3.05) is 13.6 Å². The first-order valence-electron chi connectivity index (χ1n) is 13.3. The Morgan fingerprint density at radius 2 is 1.61 bits per heavy atom. The monoisotopic (exact) mass is 601 g/mol. The average molecular weight is 602 g/mol. The van der Waals surface area contributed by atoms with Gasteiger partial charge in [-0.1, -0.05) is 37.7 Å². The minimum absolute atomic E-state index is 0.0378. The van der Waals surface area contributed by atoms with Crippen molar-refractivity contribution in [3.8, 4) is 0 Å². The number of thiazole rings is 1. The third-order valence-electron chi connectivity index (χ3n) is 6.44. The molecule has 2 aromatic rings. The summed E-state index contributed by atoms with van der Waals surface area (Å²) in [4.78, 5) is 81.8. The summed E-state index contributed by atoms with van der Waals surface area (Å²) in [5.74, 6) is -2.15. The molecule has 5 amide bonds. The number of aromatic nitrogens is 1. The minimum atomic E-state index is -0.948. The highest BCUT2D eigenvalue weighted by atomic mass is 32.2. The molecule has 0 spiro atoms. The van der Waals surface area contributed by atoms with E-state index in [1.165, 1.54) is 25.3 Å². The van der Waals surface area contributed by atoms with E-state index in [-0.39, 0.29) is 54.6 Å². The van der Waals surface area contributed by atoms with E-state index in [1.807, 2.05) is 13.8 Å². The van der Waals surface area contributed by atoms with Gasteiger partial charge in [-0.2, -0.15) is 0 Å². The number of carbonyl (C=O) groups excluding carboxylic acids is 6. The van der Waals surface area contributed by atoms with Crippen molar-refractivity contribution in [1.82, 2.24) is 25.8 Å². The van der Waals surface area contributed by atoms with Crippen molar-refractivity contribution >= 4 is 57.7 Å². The average Bonchev–Trinajstić information content (AvgIpc) is 3.53. The van der Waals surface area contributed by atoms with Gasteiger partial charge >= 0.3 is 0 Å². The maximum atomic E-state index is 13.3. The Kier molecular flexibility index (Phi) is 11.6. The molecule has 0 bridgehead atoms. The molecule has 1 aromatic heterocycles. The van der Waals surface area contributed by atoms with E-state index in [0.29, 0.717) is 23.2 Å². The van der Waals surface area contributed by atoms with Crippen LogP contribution in [0.25, 0.3) is 0 Å². The van der Waals surface area contributed by atoms with Gasteiger partial charge < -0.3 is 16.0 Å². The normalized spacial score (nSPS) is 14.8. The lowest BCUT2D eigenvalue weighted by Gasteiger charge is -2.25. The molecule has 0 fully saturated rings. The first kappa shape index (κ1) is 31.9. The molecule has 0 radical (unpaired) electrons. The third kappa shape index (κ3) is 8.70. The van der Waals surface area contributed by atoms with E-state index in [4.69, 9.17) is 0 Å². The van der Waals surface area contributed by atoms with E-state index >= 15 is 0 Å². The maximum absolute atomic E-state index is 13.3. The molecule has 1 unspecified atom stereocenters. The summed E-state index contributed by atoms with van der Waals surface area (Å²) < 4.78 is 0. The zero-order valence-corrected chi connectivity index (χ0v) is 25.1. The van der Waals surface area contributed by atoms with Crippen molar-refractivity contribution in [3.63, 3.8) is 0 Å². The van der Waals surface area contributed by atoms with Crippen molar-refractivity contribution in [2.45, 2.75) is 63.8 Å². The molecule has 0 aliphatic carbocycles. The number of fused-ring (bicyclic) bond motifs is 1. The molecule has 1 aromatic carbocycles. The van der Waals surface area contributed by atoms with Crippen LogP contribution in [0.2, 0.25) is 0 Å². The summed E-state index contributed by atoms with van der Waals surface area (Å²) in [7, 11) is 1.47. The van der Waals surface area contributed by atoms with E-state index < -0.39 is 29.1 Å². The van der Waals surface area contributed by atoms with Crippen LogP contribution in [0.4, 0.5) is 0 Å². The molecule has 2 heterocycles. The Morgan fingerprint density at radius 3 is 2.15 bits per heavy atom. The topological polar surface area (TPSA) is 155 Å². The number of rotatable bonds is 14. The minimum Gasteiger partial charge on any atom is -0.357 e. The van der Waals surface area contributed by atoms with Gasteiger partial charge in [0, 0.05) is 32.3 Å². The van der Waals surface area contributed by atoms with Crippen molar-refractivity contribution in [3.05, 3.63) is 52.0 Å². The molecule has 41 heavy (non-hydrogen) atoms. The van der Waals surface area contributed by atoms with E-state index in [1.54, 1.807) is 35.2 Å². The molecule has 13 heteroatoms. The lowest BCUT2D eigenvalue weighted by molar-refractivity contribution is -0.132.